The summed E-state index contributed by atoms with van der Waals surface area (Å²) in [5.74, 6) is 0. The van der Waals surface area contributed by atoms with Gasteiger partial charge in [0.25, 0.3) is 0 Å². The zero-order valence-electron chi connectivity index (χ0n) is 13.2. The van der Waals surface area contributed by atoms with E-state index in [1.807, 2.05) is 23.9 Å². The third-order valence-electron chi connectivity index (χ3n) is 4.61. The minimum absolute atomic E-state index is 0.221. The largest absolute Gasteiger partial charge is 0.354 e. The number of allylic oxidation sites excluding steroid dienone is 2. The average Bonchev–Trinajstić information content (AvgIpc) is 2.95. The smallest absolute Gasteiger partial charge is 0.116 e. The number of nitrogens with zero attached hydrogens (tertiary/aromatic N) is 2. The number of aliphatic imine (C=N–C) groups is 2. The highest BCUT2D eigenvalue weighted by atomic mass is 79.9. The van der Waals surface area contributed by atoms with Crippen molar-refractivity contribution in [2.45, 2.75) is 16.1 Å². The van der Waals surface area contributed by atoms with Gasteiger partial charge < -0.3 is 5.32 Å². The first kappa shape index (κ1) is 15.2. The molecule has 2 aliphatic heterocycles. The Bertz CT molecular complexity index is 1010. The van der Waals surface area contributed by atoms with Crippen molar-refractivity contribution in [1.29, 1.82) is 0 Å². The third kappa shape index (κ3) is 2.34. The molecule has 1 aliphatic carbocycles. The van der Waals surface area contributed by atoms with Gasteiger partial charge in [-0.25, -0.2) is 9.98 Å². The molecule has 2 aromatic rings. The molecule has 5 rings (SSSR count). The first-order valence-electron chi connectivity index (χ1n) is 8.09. The highest BCUT2D eigenvalue weighted by molar-refractivity contribution is 9.10. The van der Waals surface area contributed by atoms with Crippen molar-refractivity contribution in [3.63, 3.8) is 0 Å². The van der Waals surface area contributed by atoms with Crippen LogP contribution in [0.3, 0.4) is 0 Å². The van der Waals surface area contributed by atoms with Crippen molar-refractivity contribution in [1.82, 2.24) is 0 Å². The molecule has 5 heteroatoms. The summed E-state index contributed by atoms with van der Waals surface area (Å²) in [4.78, 5) is 10.6. The molecule has 0 aromatic heterocycles. The second-order valence-corrected chi connectivity index (χ2v) is 8.41. The number of thioether (sulfide) groups is 1. The molecular formula is C20H14BrN3S. The molecule has 0 saturated heterocycles. The van der Waals surface area contributed by atoms with Gasteiger partial charge in [0.2, 0.25) is 0 Å². The fourth-order valence-corrected chi connectivity index (χ4v) is 5.45. The highest BCUT2D eigenvalue weighted by Gasteiger charge is 2.50. The maximum absolute atomic E-state index is 4.69. The van der Waals surface area contributed by atoms with Gasteiger partial charge in [-0.2, -0.15) is 0 Å². The SMILES string of the molecule is Brc1cccc(NC2=C3N=CN=C4c5ccccc5SC43CC=C2)c1. The number of anilines is 1. The minimum Gasteiger partial charge on any atom is -0.354 e. The Balaban J connectivity index is 1.62. The van der Waals surface area contributed by atoms with Crippen molar-refractivity contribution < 1.29 is 0 Å². The summed E-state index contributed by atoms with van der Waals surface area (Å²) in [6.07, 6.45) is 6.94. The molecule has 0 radical (unpaired) electrons. The van der Waals surface area contributed by atoms with Gasteiger partial charge in [0, 0.05) is 20.6 Å². The first-order valence-corrected chi connectivity index (χ1v) is 9.70. The van der Waals surface area contributed by atoms with E-state index in [1.165, 1.54) is 10.5 Å². The molecule has 1 atom stereocenters. The lowest BCUT2D eigenvalue weighted by Crippen LogP contribution is -2.38. The Morgan fingerprint density at radius 1 is 1.12 bits per heavy atom. The quantitative estimate of drug-likeness (QED) is 0.722. The van der Waals surface area contributed by atoms with E-state index in [4.69, 9.17) is 0 Å². The van der Waals surface area contributed by atoms with Gasteiger partial charge in [-0.15, -0.1) is 11.8 Å². The molecule has 3 aliphatic rings. The lowest BCUT2D eigenvalue weighted by Gasteiger charge is -2.34. The number of hydrogen-bond acceptors (Lipinski definition) is 4. The van der Waals surface area contributed by atoms with Crippen molar-refractivity contribution in [3.05, 3.63) is 82.1 Å². The summed E-state index contributed by atoms with van der Waals surface area (Å²) in [6, 6.07) is 16.7. The fourth-order valence-electron chi connectivity index (χ4n) is 3.55. The van der Waals surface area contributed by atoms with Crippen LogP contribution < -0.4 is 5.32 Å². The maximum Gasteiger partial charge on any atom is 0.116 e. The van der Waals surface area contributed by atoms with Crippen LogP contribution in [0.2, 0.25) is 0 Å². The molecule has 2 aromatic carbocycles. The third-order valence-corrected chi connectivity index (χ3v) is 6.58. The van der Waals surface area contributed by atoms with Crippen LogP contribution in [-0.4, -0.2) is 16.8 Å². The van der Waals surface area contributed by atoms with Crippen LogP contribution in [0, 0.1) is 0 Å². The molecule has 1 N–H and O–H groups in total. The molecule has 0 amide bonds. The maximum atomic E-state index is 4.69. The standard InChI is InChI=1S/C20H14BrN3S/c21-13-5-3-6-14(11-13)24-16-8-4-10-20-18(22-12-23-19(16)20)15-7-1-2-9-17(15)25-20/h1-9,11-12,24H,10H2. The number of benzene rings is 2. The van der Waals surface area contributed by atoms with Crippen molar-refractivity contribution >= 4 is 45.4 Å². The molecule has 0 bridgehead atoms. The molecular weight excluding hydrogens is 394 g/mol. The summed E-state index contributed by atoms with van der Waals surface area (Å²) >= 11 is 5.40. The predicted molar refractivity (Wildman–Crippen MR) is 109 cm³/mol. The number of hydrogen-bond donors (Lipinski definition) is 1. The number of fused-ring (bicyclic) bond motifs is 2. The zero-order valence-corrected chi connectivity index (χ0v) is 15.6. The molecule has 25 heavy (non-hydrogen) atoms. The van der Waals surface area contributed by atoms with Crippen molar-refractivity contribution in [2.24, 2.45) is 9.98 Å². The van der Waals surface area contributed by atoms with Crippen molar-refractivity contribution in [3.8, 4) is 0 Å². The normalized spacial score (nSPS) is 23.0. The molecule has 3 nitrogen and oxygen atoms in total. The van der Waals surface area contributed by atoms with Crippen LogP contribution in [-0.2, 0) is 0 Å². The molecule has 2 heterocycles. The second-order valence-electron chi connectivity index (χ2n) is 6.15. The first-order chi connectivity index (χ1) is 12.3. The van der Waals surface area contributed by atoms with Crippen LogP contribution in [0.25, 0.3) is 0 Å². The van der Waals surface area contributed by atoms with Crippen LogP contribution in [0.4, 0.5) is 5.69 Å². The van der Waals surface area contributed by atoms with Gasteiger partial charge in [-0.3, -0.25) is 0 Å². The Labute approximate surface area is 158 Å². The minimum atomic E-state index is -0.221. The van der Waals surface area contributed by atoms with Crippen LogP contribution in [0.1, 0.15) is 12.0 Å². The number of rotatable bonds is 2. The molecule has 1 unspecified atom stereocenters. The van der Waals surface area contributed by atoms with Crippen LogP contribution in [0.5, 0.6) is 0 Å². The van der Waals surface area contributed by atoms with E-state index in [9.17, 15) is 0 Å². The lowest BCUT2D eigenvalue weighted by molar-refractivity contribution is 0.837. The lowest BCUT2D eigenvalue weighted by atomic mass is 9.85. The van der Waals surface area contributed by atoms with E-state index in [-0.39, 0.29) is 4.75 Å². The van der Waals surface area contributed by atoms with E-state index in [2.05, 4.69) is 79.8 Å². The van der Waals surface area contributed by atoms with Crippen LogP contribution in [0.15, 0.2) is 91.4 Å². The molecule has 0 saturated carbocycles. The molecule has 122 valence electrons. The van der Waals surface area contributed by atoms with E-state index in [1.54, 1.807) is 6.34 Å². The second kappa shape index (κ2) is 5.71. The summed E-state index contributed by atoms with van der Waals surface area (Å²) in [5, 5.41) is 3.54. The topological polar surface area (TPSA) is 36.8 Å². The zero-order chi connectivity index (χ0) is 16.9. The van der Waals surface area contributed by atoms with Gasteiger partial charge in [0.15, 0.2) is 0 Å². The van der Waals surface area contributed by atoms with E-state index in [0.717, 1.165) is 33.7 Å². The average molecular weight is 408 g/mol. The fraction of sp³-hybridized carbons (Fsp3) is 0.100. The van der Waals surface area contributed by atoms with Gasteiger partial charge in [-0.1, -0.05) is 46.3 Å². The Hall–Kier alpha value is -2.11. The highest BCUT2D eigenvalue weighted by Crippen LogP contribution is 2.54. The summed E-state index contributed by atoms with van der Waals surface area (Å²) in [5.41, 5.74) is 5.48. The monoisotopic (exact) mass is 407 g/mol. The van der Waals surface area contributed by atoms with Crippen LogP contribution >= 0.6 is 27.7 Å². The van der Waals surface area contributed by atoms with Gasteiger partial charge in [0.1, 0.15) is 11.1 Å². The molecule has 1 spiro atoms. The summed E-state index contributed by atoms with van der Waals surface area (Å²) in [7, 11) is 0. The van der Waals surface area contributed by atoms with E-state index < -0.39 is 0 Å². The number of halogens is 1. The summed E-state index contributed by atoms with van der Waals surface area (Å²) in [6.45, 7) is 0. The van der Waals surface area contributed by atoms with Gasteiger partial charge in [0.05, 0.1) is 17.1 Å². The van der Waals surface area contributed by atoms with E-state index in [0.29, 0.717) is 0 Å². The summed E-state index contributed by atoms with van der Waals surface area (Å²) < 4.78 is 0.830. The Kier molecular flexibility index (Phi) is 3.47. The Morgan fingerprint density at radius 2 is 2.04 bits per heavy atom. The van der Waals surface area contributed by atoms with Gasteiger partial charge in [-0.05, 0) is 36.8 Å². The Morgan fingerprint density at radius 3 is 2.96 bits per heavy atom. The molecule has 0 fully saturated rings. The van der Waals surface area contributed by atoms with Gasteiger partial charge >= 0.3 is 0 Å². The van der Waals surface area contributed by atoms with E-state index >= 15 is 0 Å². The number of nitrogens with one attached hydrogen (secondary N) is 1. The predicted octanol–water partition coefficient (Wildman–Crippen LogP) is 5.41. The van der Waals surface area contributed by atoms with Crippen molar-refractivity contribution in [2.75, 3.05) is 5.32 Å².